The number of nitrogen functional groups attached to an aromatic ring is 1. The Bertz CT molecular complexity index is 558. The van der Waals surface area contributed by atoms with E-state index in [1.165, 1.54) is 5.56 Å². The number of anilines is 1. The first-order valence-corrected chi connectivity index (χ1v) is 6.43. The van der Waals surface area contributed by atoms with E-state index >= 15 is 0 Å². The Balaban J connectivity index is 2.61. The van der Waals surface area contributed by atoms with Crippen LogP contribution in [0.2, 0.25) is 0 Å². The van der Waals surface area contributed by atoms with Crippen LogP contribution in [0.3, 0.4) is 0 Å². The van der Waals surface area contributed by atoms with E-state index in [4.69, 9.17) is 5.73 Å². The van der Waals surface area contributed by atoms with Crippen molar-refractivity contribution < 1.29 is 0 Å². The van der Waals surface area contributed by atoms with Crippen molar-refractivity contribution in [3.05, 3.63) is 34.1 Å². The molecule has 0 aliphatic rings. The summed E-state index contributed by atoms with van der Waals surface area (Å²) in [5, 5.41) is 0. The van der Waals surface area contributed by atoms with E-state index in [1.54, 1.807) is 0 Å². The van der Waals surface area contributed by atoms with Gasteiger partial charge in [0.1, 0.15) is 17.3 Å². The third kappa shape index (κ3) is 2.09. The highest BCUT2D eigenvalue weighted by molar-refractivity contribution is 9.10. The molecule has 3 nitrogen and oxygen atoms in total. The van der Waals surface area contributed by atoms with E-state index in [0.29, 0.717) is 0 Å². The highest BCUT2D eigenvalue weighted by Crippen LogP contribution is 2.32. The lowest BCUT2D eigenvalue weighted by molar-refractivity contribution is 0.739. The van der Waals surface area contributed by atoms with Gasteiger partial charge in [0, 0.05) is 16.6 Å². The van der Waals surface area contributed by atoms with Crippen LogP contribution in [0.5, 0.6) is 0 Å². The van der Waals surface area contributed by atoms with Gasteiger partial charge in [-0.3, -0.25) is 0 Å². The van der Waals surface area contributed by atoms with Gasteiger partial charge in [-0.15, -0.1) is 0 Å². The monoisotopic (exact) mass is 293 g/mol. The quantitative estimate of drug-likeness (QED) is 0.920. The number of hydrogen-bond acceptors (Lipinski definition) is 2. The van der Waals surface area contributed by atoms with Crippen molar-refractivity contribution in [1.82, 2.24) is 9.55 Å². The van der Waals surface area contributed by atoms with Crippen molar-refractivity contribution >= 4 is 21.7 Å². The third-order valence-corrected chi connectivity index (χ3v) is 3.55. The summed E-state index contributed by atoms with van der Waals surface area (Å²) in [6.07, 6.45) is 0. The van der Waals surface area contributed by atoms with Gasteiger partial charge in [-0.2, -0.15) is 0 Å². The summed E-state index contributed by atoms with van der Waals surface area (Å²) in [6, 6.07) is 6.20. The Morgan fingerprint density at radius 2 is 2.06 bits per heavy atom. The molecular weight excluding hydrogens is 278 g/mol. The molecule has 0 bridgehead atoms. The minimum absolute atomic E-state index is 0.731. The number of hydrogen-bond donors (Lipinski definition) is 1. The normalized spacial score (nSPS) is 10.8. The lowest BCUT2D eigenvalue weighted by atomic mass is 10.1. The van der Waals surface area contributed by atoms with Crippen molar-refractivity contribution in [2.24, 2.45) is 0 Å². The molecule has 17 heavy (non-hydrogen) atoms. The van der Waals surface area contributed by atoms with Crippen LogP contribution in [0.1, 0.15) is 18.3 Å². The Morgan fingerprint density at radius 3 is 2.59 bits per heavy atom. The van der Waals surface area contributed by atoms with Crippen molar-refractivity contribution in [2.45, 2.75) is 27.3 Å². The maximum atomic E-state index is 6.13. The molecular formula is C13H16BrN3. The smallest absolute Gasteiger partial charge is 0.131 e. The lowest BCUT2D eigenvalue weighted by Crippen LogP contribution is -2.02. The number of halogens is 1. The van der Waals surface area contributed by atoms with Crippen LogP contribution in [0.15, 0.2) is 22.7 Å². The van der Waals surface area contributed by atoms with E-state index < -0.39 is 0 Å². The molecule has 0 saturated carbocycles. The van der Waals surface area contributed by atoms with Crippen LogP contribution in [-0.2, 0) is 6.54 Å². The Kier molecular flexibility index (Phi) is 3.24. The van der Waals surface area contributed by atoms with Gasteiger partial charge in [0.15, 0.2) is 0 Å². The Morgan fingerprint density at radius 1 is 1.35 bits per heavy atom. The second-order valence-electron chi connectivity index (χ2n) is 4.12. The van der Waals surface area contributed by atoms with E-state index in [0.717, 1.165) is 33.9 Å². The van der Waals surface area contributed by atoms with Crippen LogP contribution in [-0.4, -0.2) is 9.55 Å². The number of rotatable bonds is 2. The van der Waals surface area contributed by atoms with Gasteiger partial charge >= 0.3 is 0 Å². The molecule has 90 valence electrons. The average molecular weight is 294 g/mol. The first kappa shape index (κ1) is 12.2. The third-order valence-electron chi connectivity index (χ3n) is 2.89. The maximum Gasteiger partial charge on any atom is 0.131 e. The van der Waals surface area contributed by atoms with Gasteiger partial charge in [0.25, 0.3) is 0 Å². The topological polar surface area (TPSA) is 43.8 Å². The second kappa shape index (κ2) is 4.53. The zero-order valence-corrected chi connectivity index (χ0v) is 11.9. The second-order valence-corrected chi connectivity index (χ2v) is 4.97. The van der Waals surface area contributed by atoms with Crippen LogP contribution < -0.4 is 5.73 Å². The molecule has 2 rings (SSSR count). The largest absolute Gasteiger partial charge is 0.383 e. The summed E-state index contributed by atoms with van der Waals surface area (Å²) in [5.74, 6) is 1.68. The van der Waals surface area contributed by atoms with Crippen molar-refractivity contribution in [1.29, 1.82) is 0 Å². The molecule has 0 fully saturated rings. The molecule has 2 aromatic rings. The van der Waals surface area contributed by atoms with E-state index in [2.05, 4.69) is 53.0 Å². The number of imidazole rings is 1. The molecule has 0 aliphatic carbocycles. The molecule has 0 saturated heterocycles. The molecule has 4 heteroatoms. The maximum absolute atomic E-state index is 6.13. The van der Waals surface area contributed by atoms with Gasteiger partial charge in [0.2, 0.25) is 0 Å². The van der Waals surface area contributed by atoms with Crippen LogP contribution in [0.4, 0.5) is 5.82 Å². The molecule has 1 aromatic heterocycles. The summed E-state index contributed by atoms with van der Waals surface area (Å²) in [5.41, 5.74) is 9.25. The predicted molar refractivity (Wildman–Crippen MR) is 74.9 cm³/mol. The summed E-state index contributed by atoms with van der Waals surface area (Å²) in [6.45, 7) is 6.95. The number of aromatic nitrogens is 2. The van der Waals surface area contributed by atoms with Gasteiger partial charge in [-0.25, -0.2) is 4.98 Å². The predicted octanol–water partition coefficient (Wildman–Crippen LogP) is 3.53. The van der Waals surface area contributed by atoms with Gasteiger partial charge in [-0.05, 0) is 32.4 Å². The average Bonchev–Trinajstić information content (AvgIpc) is 2.54. The van der Waals surface area contributed by atoms with E-state index in [-0.39, 0.29) is 0 Å². The zero-order valence-electron chi connectivity index (χ0n) is 10.3. The van der Waals surface area contributed by atoms with E-state index in [1.807, 2.05) is 11.5 Å². The number of aryl methyl sites for hydroxylation is 2. The standard InChI is InChI=1S/C13H16BrN3/c1-4-17-9(3)16-12(13(17)15)10-6-5-8(2)7-11(10)14/h5-7H,4,15H2,1-3H3. The molecule has 0 amide bonds. The molecule has 1 heterocycles. The Labute approximate surface area is 110 Å². The molecule has 0 atom stereocenters. The number of nitrogens with two attached hydrogens (primary N) is 1. The molecule has 1 aromatic carbocycles. The van der Waals surface area contributed by atoms with Gasteiger partial charge in [-0.1, -0.05) is 28.1 Å². The van der Waals surface area contributed by atoms with Crippen LogP contribution in [0, 0.1) is 13.8 Å². The van der Waals surface area contributed by atoms with Crippen molar-refractivity contribution in [2.75, 3.05) is 5.73 Å². The van der Waals surface area contributed by atoms with Crippen molar-refractivity contribution in [3.8, 4) is 11.3 Å². The number of nitrogens with zero attached hydrogens (tertiary/aromatic N) is 2. The SMILES string of the molecule is CCn1c(C)nc(-c2ccc(C)cc2Br)c1N. The molecule has 2 N–H and O–H groups in total. The van der Waals surface area contributed by atoms with Crippen LogP contribution >= 0.6 is 15.9 Å². The summed E-state index contributed by atoms with van der Waals surface area (Å²) >= 11 is 3.57. The minimum atomic E-state index is 0.731. The summed E-state index contributed by atoms with van der Waals surface area (Å²) in [4.78, 5) is 4.55. The van der Waals surface area contributed by atoms with Gasteiger partial charge < -0.3 is 10.3 Å². The minimum Gasteiger partial charge on any atom is -0.383 e. The fourth-order valence-electron chi connectivity index (χ4n) is 1.99. The highest BCUT2D eigenvalue weighted by Gasteiger charge is 2.14. The zero-order chi connectivity index (χ0) is 12.6. The van der Waals surface area contributed by atoms with E-state index in [9.17, 15) is 0 Å². The fourth-order valence-corrected chi connectivity index (χ4v) is 2.67. The van der Waals surface area contributed by atoms with Gasteiger partial charge in [0.05, 0.1) is 0 Å². The first-order valence-electron chi connectivity index (χ1n) is 5.63. The summed E-state index contributed by atoms with van der Waals surface area (Å²) in [7, 11) is 0. The first-order chi connectivity index (χ1) is 8.04. The lowest BCUT2D eigenvalue weighted by Gasteiger charge is -2.05. The fraction of sp³-hybridized carbons (Fsp3) is 0.308. The van der Waals surface area contributed by atoms with Crippen molar-refractivity contribution in [3.63, 3.8) is 0 Å². The number of benzene rings is 1. The Hall–Kier alpha value is -1.29. The van der Waals surface area contributed by atoms with Crippen LogP contribution in [0.25, 0.3) is 11.3 Å². The molecule has 0 radical (unpaired) electrons. The highest BCUT2D eigenvalue weighted by atomic mass is 79.9. The molecule has 0 spiro atoms. The summed E-state index contributed by atoms with van der Waals surface area (Å²) < 4.78 is 3.05. The molecule has 0 aliphatic heterocycles. The molecule has 0 unspecified atom stereocenters.